The SMILES string of the molecule is COc1cn(-c2ccccc2)nc1C(=O)NC[C@H](O)c1ccccc1. The van der Waals surface area contributed by atoms with Crippen molar-refractivity contribution in [2.24, 2.45) is 0 Å². The number of hydrogen-bond acceptors (Lipinski definition) is 4. The molecule has 0 saturated carbocycles. The lowest BCUT2D eigenvalue weighted by atomic mass is 10.1. The number of carbonyl (C=O) groups excluding carboxylic acids is 1. The maximum absolute atomic E-state index is 12.4. The second kappa shape index (κ2) is 7.63. The molecule has 1 atom stereocenters. The second-order valence-corrected chi connectivity index (χ2v) is 5.46. The van der Waals surface area contributed by atoms with Gasteiger partial charge in [-0.2, -0.15) is 5.10 Å². The van der Waals surface area contributed by atoms with Gasteiger partial charge in [0.1, 0.15) is 0 Å². The van der Waals surface area contributed by atoms with Crippen molar-refractivity contribution in [2.75, 3.05) is 13.7 Å². The molecule has 6 heteroatoms. The Balaban J connectivity index is 1.72. The van der Waals surface area contributed by atoms with Crippen LogP contribution in [0, 0.1) is 0 Å². The van der Waals surface area contributed by atoms with E-state index in [9.17, 15) is 9.90 Å². The van der Waals surface area contributed by atoms with Gasteiger partial charge in [-0.3, -0.25) is 4.79 Å². The lowest BCUT2D eigenvalue weighted by molar-refractivity contribution is 0.0908. The highest BCUT2D eigenvalue weighted by molar-refractivity contribution is 5.95. The minimum atomic E-state index is -0.785. The number of aromatic nitrogens is 2. The first-order valence-corrected chi connectivity index (χ1v) is 7.89. The van der Waals surface area contributed by atoms with Crippen LogP contribution in [0.2, 0.25) is 0 Å². The van der Waals surface area contributed by atoms with Crippen LogP contribution in [0.25, 0.3) is 5.69 Å². The number of aliphatic hydroxyl groups excluding tert-OH is 1. The molecule has 2 aromatic carbocycles. The Morgan fingerprint density at radius 1 is 1.16 bits per heavy atom. The van der Waals surface area contributed by atoms with Gasteiger partial charge in [-0.1, -0.05) is 48.5 Å². The van der Waals surface area contributed by atoms with Crippen LogP contribution in [-0.2, 0) is 0 Å². The summed E-state index contributed by atoms with van der Waals surface area (Å²) in [6.07, 6.45) is 0.866. The molecule has 0 aliphatic rings. The number of ether oxygens (including phenoxy) is 1. The molecular formula is C19H19N3O3. The quantitative estimate of drug-likeness (QED) is 0.724. The number of hydrogen-bond donors (Lipinski definition) is 2. The van der Waals surface area contributed by atoms with E-state index < -0.39 is 12.0 Å². The van der Waals surface area contributed by atoms with Crippen LogP contribution >= 0.6 is 0 Å². The van der Waals surface area contributed by atoms with Crippen molar-refractivity contribution in [1.29, 1.82) is 0 Å². The van der Waals surface area contributed by atoms with Crippen molar-refractivity contribution >= 4 is 5.91 Å². The van der Waals surface area contributed by atoms with E-state index in [0.29, 0.717) is 5.75 Å². The number of rotatable bonds is 6. The zero-order chi connectivity index (χ0) is 17.6. The number of methoxy groups -OCH3 is 1. The maximum Gasteiger partial charge on any atom is 0.275 e. The molecule has 1 heterocycles. The first-order chi connectivity index (χ1) is 12.2. The van der Waals surface area contributed by atoms with Crippen molar-refractivity contribution in [3.05, 3.63) is 78.1 Å². The van der Waals surface area contributed by atoms with Gasteiger partial charge in [0.25, 0.3) is 5.91 Å². The molecule has 0 bridgehead atoms. The molecule has 0 radical (unpaired) electrons. The van der Waals surface area contributed by atoms with Gasteiger partial charge in [0, 0.05) is 6.54 Å². The minimum absolute atomic E-state index is 0.0875. The zero-order valence-electron chi connectivity index (χ0n) is 13.8. The van der Waals surface area contributed by atoms with Gasteiger partial charge in [0.15, 0.2) is 11.4 Å². The molecule has 6 nitrogen and oxygen atoms in total. The van der Waals surface area contributed by atoms with Crippen LogP contribution in [-0.4, -0.2) is 34.4 Å². The van der Waals surface area contributed by atoms with Crippen LogP contribution in [0.3, 0.4) is 0 Å². The van der Waals surface area contributed by atoms with Crippen molar-refractivity contribution in [1.82, 2.24) is 15.1 Å². The van der Waals surface area contributed by atoms with Gasteiger partial charge in [0.2, 0.25) is 0 Å². The fraction of sp³-hybridized carbons (Fsp3) is 0.158. The normalized spacial score (nSPS) is 11.8. The summed E-state index contributed by atoms with van der Waals surface area (Å²) in [6.45, 7) is 0.0875. The molecule has 3 aromatic rings. The summed E-state index contributed by atoms with van der Waals surface area (Å²) in [5.41, 5.74) is 1.74. The minimum Gasteiger partial charge on any atom is -0.493 e. The molecule has 0 unspecified atom stereocenters. The van der Waals surface area contributed by atoms with Gasteiger partial charge in [-0.25, -0.2) is 4.68 Å². The Hall–Kier alpha value is -3.12. The molecule has 128 valence electrons. The number of benzene rings is 2. The Labute approximate surface area is 145 Å². The summed E-state index contributed by atoms with van der Waals surface area (Å²) in [7, 11) is 1.49. The molecule has 3 rings (SSSR count). The third kappa shape index (κ3) is 3.87. The monoisotopic (exact) mass is 337 g/mol. The molecule has 0 spiro atoms. The van der Waals surface area contributed by atoms with Gasteiger partial charge in [-0.15, -0.1) is 0 Å². The Bertz CT molecular complexity index is 832. The lowest BCUT2D eigenvalue weighted by Gasteiger charge is -2.11. The largest absolute Gasteiger partial charge is 0.493 e. The summed E-state index contributed by atoms with van der Waals surface area (Å²) < 4.78 is 6.84. The van der Waals surface area contributed by atoms with E-state index in [2.05, 4.69) is 10.4 Å². The van der Waals surface area contributed by atoms with Gasteiger partial charge in [-0.05, 0) is 17.7 Å². The second-order valence-electron chi connectivity index (χ2n) is 5.46. The highest BCUT2D eigenvalue weighted by Crippen LogP contribution is 2.19. The number of nitrogens with zero attached hydrogens (tertiary/aromatic N) is 2. The molecular weight excluding hydrogens is 318 g/mol. The third-order valence-corrected chi connectivity index (χ3v) is 3.78. The zero-order valence-corrected chi connectivity index (χ0v) is 13.8. The van der Waals surface area contributed by atoms with Crippen molar-refractivity contribution in [3.8, 4) is 11.4 Å². The van der Waals surface area contributed by atoms with E-state index in [1.54, 1.807) is 10.9 Å². The van der Waals surface area contributed by atoms with Crippen LogP contribution in [0.5, 0.6) is 5.75 Å². The fourth-order valence-electron chi connectivity index (χ4n) is 2.44. The number of nitrogens with one attached hydrogen (secondary N) is 1. The third-order valence-electron chi connectivity index (χ3n) is 3.78. The van der Waals surface area contributed by atoms with Crippen LogP contribution in [0.15, 0.2) is 66.9 Å². The summed E-state index contributed by atoms with van der Waals surface area (Å²) in [4.78, 5) is 12.4. The van der Waals surface area contributed by atoms with E-state index in [1.807, 2.05) is 60.7 Å². The van der Waals surface area contributed by atoms with E-state index in [-0.39, 0.29) is 12.2 Å². The average molecular weight is 337 g/mol. The maximum atomic E-state index is 12.4. The van der Waals surface area contributed by atoms with E-state index in [1.165, 1.54) is 7.11 Å². The number of amides is 1. The molecule has 1 amide bonds. The predicted octanol–water partition coefficient (Wildman–Crippen LogP) is 2.34. The standard InChI is InChI=1S/C19H19N3O3/c1-25-17-13-22(15-10-6-3-7-11-15)21-18(17)19(24)20-12-16(23)14-8-4-2-5-9-14/h2-11,13,16,23H,12H2,1H3,(H,20,24)/t16-/m0/s1. The Morgan fingerprint density at radius 2 is 1.80 bits per heavy atom. The Morgan fingerprint density at radius 3 is 2.44 bits per heavy atom. The van der Waals surface area contributed by atoms with Gasteiger partial charge >= 0.3 is 0 Å². The average Bonchev–Trinajstić information content (AvgIpc) is 3.12. The molecule has 0 fully saturated rings. The summed E-state index contributed by atoms with van der Waals surface area (Å²) in [5, 5.41) is 17.1. The smallest absolute Gasteiger partial charge is 0.275 e. The summed E-state index contributed by atoms with van der Waals surface area (Å²) in [6, 6.07) is 18.6. The van der Waals surface area contributed by atoms with Crippen LogP contribution < -0.4 is 10.1 Å². The highest BCUT2D eigenvalue weighted by Gasteiger charge is 2.19. The van der Waals surface area contributed by atoms with E-state index >= 15 is 0 Å². The molecule has 0 aliphatic heterocycles. The van der Waals surface area contributed by atoms with E-state index in [0.717, 1.165) is 11.3 Å². The number of para-hydroxylation sites is 1. The fourth-order valence-corrected chi connectivity index (χ4v) is 2.44. The molecule has 25 heavy (non-hydrogen) atoms. The van der Waals surface area contributed by atoms with Gasteiger partial charge in [0.05, 0.1) is 25.1 Å². The number of carbonyl (C=O) groups is 1. The van der Waals surface area contributed by atoms with Crippen LogP contribution in [0.1, 0.15) is 22.2 Å². The number of aliphatic hydroxyl groups is 1. The topological polar surface area (TPSA) is 76.4 Å². The Kier molecular flexibility index (Phi) is 5.11. The summed E-state index contributed by atoms with van der Waals surface area (Å²) >= 11 is 0. The summed E-state index contributed by atoms with van der Waals surface area (Å²) in [5.74, 6) is -0.0305. The van der Waals surface area contributed by atoms with E-state index in [4.69, 9.17) is 4.74 Å². The predicted molar refractivity (Wildman–Crippen MR) is 93.9 cm³/mol. The lowest BCUT2D eigenvalue weighted by Crippen LogP contribution is -2.29. The van der Waals surface area contributed by atoms with Gasteiger partial charge < -0.3 is 15.2 Å². The highest BCUT2D eigenvalue weighted by atomic mass is 16.5. The first-order valence-electron chi connectivity index (χ1n) is 7.89. The molecule has 2 N–H and O–H groups in total. The van der Waals surface area contributed by atoms with Crippen LogP contribution in [0.4, 0.5) is 0 Å². The van der Waals surface area contributed by atoms with Crippen molar-refractivity contribution in [3.63, 3.8) is 0 Å². The van der Waals surface area contributed by atoms with Crippen molar-refractivity contribution < 1.29 is 14.6 Å². The van der Waals surface area contributed by atoms with Crippen molar-refractivity contribution in [2.45, 2.75) is 6.10 Å². The molecule has 1 aromatic heterocycles. The first kappa shape index (κ1) is 16.7. The molecule has 0 saturated heterocycles. The molecule has 0 aliphatic carbocycles.